The standard InChI is InChI=1S/C13H28N2/c1-5-6-12-11-14-8-10-15(12)9-7-13(2,3)4/h12,14H,5-11H2,1-4H3. The predicted molar refractivity (Wildman–Crippen MR) is 67.2 cm³/mol. The Kier molecular flexibility index (Phi) is 5.07. The second kappa shape index (κ2) is 5.86. The Morgan fingerprint density at radius 1 is 1.33 bits per heavy atom. The van der Waals surface area contributed by atoms with Crippen molar-refractivity contribution in [1.82, 2.24) is 10.2 Å². The van der Waals surface area contributed by atoms with Gasteiger partial charge >= 0.3 is 0 Å². The lowest BCUT2D eigenvalue weighted by Gasteiger charge is -2.37. The van der Waals surface area contributed by atoms with Gasteiger partial charge in [0.25, 0.3) is 0 Å². The summed E-state index contributed by atoms with van der Waals surface area (Å²) in [4.78, 5) is 2.69. The summed E-state index contributed by atoms with van der Waals surface area (Å²) < 4.78 is 0. The molecular weight excluding hydrogens is 184 g/mol. The second-order valence-electron chi connectivity index (χ2n) is 5.99. The van der Waals surface area contributed by atoms with E-state index in [4.69, 9.17) is 0 Å². The van der Waals surface area contributed by atoms with Gasteiger partial charge in [0.15, 0.2) is 0 Å². The highest BCUT2D eigenvalue weighted by atomic mass is 15.2. The van der Waals surface area contributed by atoms with Crippen molar-refractivity contribution in [1.29, 1.82) is 0 Å². The Morgan fingerprint density at radius 2 is 2.07 bits per heavy atom. The summed E-state index contributed by atoms with van der Waals surface area (Å²) in [5, 5.41) is 3.51. The summed E-state index contributed by atoms with van der Waals surface area (Å²) in [7, 11) is 0. The highest BCUT2D eigenvalue weighted by Crippen LogP contribution is 2.20. The number of hydrogen-bond donors (Lipinski definition) is 1. The lowest BCUT2D eigenvalue weighted by molar-refractivity contribution is 0.134. The smallest absolute Gasteiger partial charge is 0.0221 e. The number of nitrogens with zero attached hydrogens (tertiary/aromatic N) is 1. The normalized spacial score (nSPS) is 24.4. The van der Waals surface area contributed by atoms with Crippen molar-refractivity contribution in [3.63, 3.8) is 0 Å². The summed E-state index contributed by atoms with van der Waals surface area (Å²) in [5.74, 6) is 0. The highest BCUT2D eigenvalue weighted by Gasteiger charge is 2.22. The summed E-state index contributed by atoms with van der Waals surface area (Å²) in [6.45, 7) is 14.2. The third-order valence-corrected chi connectivity index (χ3v) is 3.24. The summed E-state index contributed by atoms with van der Waals surface area (Å²) in [6.07, 6.45) is 3.96. The maximum Gasteiger partial charge on any atom is 0.0221 e. The van der Waals surface area contributed by atoms with Crippen LogP contribution in [0.5, 0.6) is 0 Å². The highest BCUT2D eigenvalue weighted by molar-refractivity contribution is 4.80. The SMILES string of the molecule is CCCC1CNCCN1CCC(C)(C)C. The Hall–Kier alpha value is -0.0800. The van der Waals surface area contributed by atoms with Gasteiger partial charge in [0.1, 0.15) is 0 Å². The quantitative estimate of drug-likeness (QED) is 0.770. The zero-order chi connectivity index (χ0) is 11.3. The van der Waals surface area contributed by atoms with Crippen LogP contribution < -0.4 is 5.32 Å². The van der Waals surface area contributed by atoms with Crippen molar-refractivity contribution in [2.75, 3.05) is 26.2 Å². The maximum absolute atomic E-state index is 3.51. The Bertz CT molecular complexity index is 170. The van der Waals surface area contributed by atoms with Crippen LogP contribution in [0.3, 0.4) is 0 Å². The minimum absolute atomic E-state index is 0.474. The molecule has 1 N–H and O–H groups in total. The van der Waals surface area contributed by atoms with E-state index in [0.717, 1.165) is 6.04 Å². The van der Waals surface area contributed by atoms with Crippen LogP contribution in [-0.2, 0) is 0 Å². The molecule has 0 aromatic rings. The zero-order valence-electron chi connectivity index (χ0n) is 11.0. The summed E-state index contributed by atoms with van der Waals surface area (Å²) >= 11 is 0. The number of piperazine rings is 1. The molecule has 0 aliphatic carbocycles. The molecule has 90 valence electrons. The van der Waals surface area contributed by atoms with Gasteiger partial charge in [0.2, 0.25) is 0 Å². The second-order valence-corrected chi connectivity index (χ2v) is 5.99. The summed E-state index contributed by atoms with van der Waals surface area (Å²) in [6, 6.07) is 0.783. The van der Waals surface area contributed by atoms with E-state index in [-0.39, 0.29) is 0 Å². The monoisotopic (exact) mass is 212 g/mol. The van der Waals surface area contributed by atoms with Gasteiger partial charge < -0.3 is 5.32 Å². The Morgan fingerprint density at radius 3 is 2.67 bits per heavy atom. The van der Waals surface area contributed by atoms with Crippen molar-refractivity contribution in [2.45, 2.75) is 53.0 Å². The molecule has 0 amide bonds. The molecule has 1 saturated heterocycles. The van der Waals surface area contributed by atoms with Crippen LogP contribution in [0, 0.1) is 5.41 Å². The molecule has 0 spiro atoms. The van der Waals surface area contributed by atoms with Crippen molar-refractivity contribution in [3.8, 4) is 0 Å². The first-order valence-corrected chi connectivity index (χ1v) is 6.47. The van der Waals surface area contributed by atoms with Crippen LogP contribution in [0.1, 0.15) is 47.0 Å². The van der Waals surface area contributed by atoms with E-state index in [9.17, 15) is 0 Å². The largest absolute Gasteiger partial charge is 0.314 e. The fraction of sp³-hybridized carbons (Fsp3) is 1.00. The first kappa shape index (κ1) is 13.0. The van der Waals surface area contributed by atoms with Gasteiger partial charge in [0.05, 0.1) is 0 Å². The predicted octanol–water partition coefficient (Wildman–Crippen LogP) is 2.50. The molecule has 2 heteroatoms. The Labute approximate surface area is 95.4 Å². The molecule has 0 bridgehead atoms. The van der Waals surface area contributed by atoms with Gasteiger partial charge in [-0.15, -0.1) is 0 Å². The summed E-state index contributed by atoms with van der Waals surface area (Å²) in [5.41, 5.74) is 0.474. The van der Waals surface area contributed by atoms with Gasteiger partial charge in [-0.05, 0) is 24.8 Å². The van der Waals surface area contributed by atoms with Gasteiger partial charge in [-0.3, -0.25) is 4.90 Å². The molecule has 15 heavy (non-hydrogen) atoms. The molecule has 0 aromatic carbocycles. The van der Waals surface area contributed by atoms with E-state index in [1.54, 1.807) is 0 Å². The van der Waals surface area contributed by atoms with E-state index >= 15 is 0 Å². The molecule has 1 aliphatic rings. The minimum atomic E-state index is 0.474. The van der Waals surface area contributed by atoms with Gasteiger partial charge in [-0.25, -0.2) is 0 Å². The average molecular weight is 212 g/mol. The lowest BCUT2D eigenvalue weighted by atomic mass is 9.91. The molecule has 2 nitrogen and oxygen atoms in total. The number of hydrogen-bond acceptors (Lipinski definition) is 2. The van der Waals surface area contributed by atoms with Crippen LogP contribution in [-0.4, -0.2) is 37.1 Å². The molecule has 1 unspecified atom stereocenters. The van der Waals surface area contributed by atoms with Gasteiger partial charge in [-0.1, -0.05) is 34.1 Å². The van der Waals surface area contributed by atoms with Gasteiger partial charge in [-0.2, -0.15) is 0 Å². The van der Waals surface area contributed by atoms with Gasteiger partial charge in [0, 0.05) is 25.7 Å². The van der Waals surface area contributed by atoms with E-state index in [0.29, 0.717) is 5.41 Å². The molecule has 0 radical (unpaired) electrons. The third-order valence-electron chi connectivity index (χ3n) is 3.24. The van der Waals surface area contributed by atoms with Crippen molar-refractivity contribution < 1.29 is 0 Å². The Balaban J connectivity index is 2.35. The molecule has 1 rings (SSSR count). The van der Waals surface area contributed by atoms with E-state index in [1.165, 1.54) is 45.4 Å². The van der Waals surface area contributed by atoms with E-state index in [1.807, 2.05) is 0 Å². The topological polar surface area (TPSA) is 15.3 Å². The molecule has 0 saturated carbocycles. The fourth-order valence-electron chi connectivity index (χ4n) is 2.19. The van der Waals surface area contributed by atoms with E-state index in [2.05, 4.69) is 37.9 Å². The maximum atomic E-state index is 3.51. The van der Waals surface area contributed by atoms with Crippen molar-refractivity contribution in [3.05, 3.63) is 0 Å². The third kappa shape index (κ3) is 4.98. The molecule has 1 heterocycles. The molecule has 0 aromatic heterocycles. The average Bonchev–Trinajstić information content (AvgIpc) is 2.16. The lowest BCUT2D eigenvalue weighted by Crippen LogP contribution is -2.51. The van der Waals surface area contributed by atoms with Crippen molar-refractivity contribution in [2.24, 2.45) is 5.41 Å². The zero-order valence-corrected chi connectivity index (χ0v) is 11.0. The van der Waals surface area contributed by atoms with Crippen LogP contribution in [0.25, 0.3) is 0 Å². The van der Waals surface area contributed by atoms with E-state index < -0.39 is 0 Å². The first-order chi connectivity index (χ1) is 7.03. The van der Waals surface area contributed by atoms with Crippen LogP contribution in [0.15, 0.2) is 0 Å². The fourth-order valence-corrected chi connectivity index (χ4v) is 2.19. The van der Waals surface area contributed by atoms with Crippen LogP contribution in [0.4, 0.5) is 0 Å². The van der Waals surface area contributed by atoms with Crippen LogP contribution in [0.2, 0.25) is 0 Å². The van der Waals surface area contributed by atoms with Crippen LogP contribution >= 0.6 is 0 Å². The number of nitrogens with one attached hydrogen (secondary N) is 1. The molecule has 1 atom stereocenters. The molecule has 1 aliphatic heterocycles. The molecular formula is C13H28N2. The molecule has 1 fully saturated rings. The first-order valence-electron chi connectivity index (χ1n) is 6.47. The van der Waals surface area contributed by atoms with Crippen molar-refractivity contribution >= 4 is 0 Å². The number of rotatable bonds is 4. The minimum Gasteiger partial charge on any atom is -0.314 e.